The Bertz CT molecular complexity index is 352. The van der Waals surface area contributed by atoms with Crippen LogP contribution in [0.2, 0.25) is 10.0 Å². The van der Waals surface area contributed by atoms with Gasteiger partial charge in [0.2, 0.25) is 0 Å². The van der Waals surface area contributed by atoms with Crippen molar-refractivity contribution in [1.82, 2.24) is 0 Å². The molecule has 0 aromatic heterocycles. The maximum absolute atomic E-state index is 5.91. The third-order valence-electron chi connectivity index (χ3n) is 1.51. The van der Waals surface area contributed by atoms with Gasteiger partial charge in [0.05, 0.1) is 10.7 Å². The molecule has 0 saturated carbocycles. The number of hydrogen-bond acceptors (Lipinski definition) is 1. The Morgan fingerprint density at radius 3 is 2.54 bits per heavy atom. The molecule has 0 fully saturated rings. The van der Waals surface area contributed by atoms with Gasteiger partial charge < -0.3 is 11.1 Å². The number of nitrogens with two attached hydrogens (primary N) is 1. The van der Waals surface area contributed by atoms with Crippen LogP contribution in [0.1, 0.15) is 5.56 Å². The van der Waals surface area contributed by atoms with E-state index >= 15 is 0 Å². The zero-order valence-electron chi connectivity index (χ0n) is 6.90. The molecule has 0 radical (unpaired) electrons. The first-order valence-corrected chi connectivity index (χ1v) is 4.69. The fourth-order valence-corrected chi connectivity index (χ4v) is 1.41. The Morgan fingerprint density at radius 1 is 1.38 bits per heavy atom. The van der Waals surface area contributed by atoms with Crippen LogP contribution in [0.5, 0.6) is 0 Å². The average Bonchev–Trinajstić information content (AvgIpc) is 1.99. The summed E-state index contributed by atoms with van der Waals surface area (Å²) >= 11 is 16.5. The molecule has 0 atom stereocenters. The molecule has 0 spiro atoms. The van der Waals surface area contributed by atoms with Gasteiger partial charge in [-0.05, 0) is 36.8 Å². The topological polar surface area (TPSA) is 38.0 Å². The molecule has 3 N–H and O–H groups in total. The Kier molecular flexibility index (Phi) is 3.36. The second-order valence-corrected chi connectivity index (χ2v) is 3.82. The van der Waals surface area contributed by atoms with Gasteiger partial charge in [-0.1, -0.05) is 23.2 Å². The van der Waals surface area contributed by atoms with Crippen molar-refractivity contribution in [3.63, 3.8) is 0 Å². The molecule has 5 heteroatoms. The first kappa shape index (κ1) is 10.6. The van der Waals surface area contributed by atoms with Crippen LogP contribution in [0.25, 0.3) is 0 Å². The molecule has 0 aliphatic rings. The molecule has 0 aliphatic heterocycles. The third-order valence-corrected chi connectivity index (χ3v) is 2.33. The summed E-state index contributed by atoms with van der Waals surface area (Å²) in [6, 6.07) is 3.45. The molecule has 1 aromatic rings. The lowest BCUT2D eigenvalue weighted by Crippen LogP contribution is -2.19. The van der Waals surface area contributed by atoms with Crippen LogP contribution >= 0.6 is 35.4 Å². The molecule has 0 heterocycles. The predicted octanol–water partition coefficient (Wildman–Crippen LogP) is 2.96. The zero-order valence-corrected chi connectivity index (χ0v) is 9.22. The van der Waals surface area contributed by atoms with Crippen LogP contribution < -0.4 is 11.1 Å². The van der Waals surface area contributed by atoms with Gasteiger partial charge in [-0.3, -0.25) is 0 Å². The molecular weight excluding hydrogens is 227 g/mol. The number of rotatable bonds is 1. The number of nitrogens with one attached hydrogen (secondary N) is 1. The summed E-state index contributed by atoms with van der Waals surface area (Å²) in [5.74, 6) is 0. The van der Waals surface area contributed by atoms with Crippen molar-refractivity contribution in [2.75, 3.05) is 5.32 Å². The van der Waals surface area contributed by atoms with E-state index in [1.165, 1.54) is 0 Å². The number of aryl methyl sites for hydroxylation is 1. The summed E-state index contributed by atoms with van der Waals surface area (Å²) in [5.41, 5.74) is 6.85. The molecule has 2 nitrogen and oxygen atoms in total. The van der Waals surface area contributed by atoms with Gasteiger partial charge in [-0.25, -0.2) is 0 Å². The van der Waals surface area contributed by atoms with Crippen molar-refractivity contribution in [2.45, 2.75) is 6.92 Å². The van der Waals surface area contributed by atoms with E-state index in [9.17, 15) is 0 Å². The fourth-order valence-electron chi connectivity index (χ4n) is 0.875. The Morgan fingerprint density at radius 2 is 2.00 bits per heavy atom. The normalized spacial score (nSPS) is 9.77. The Labute approximate surface area is 92.0 Å². The van der Waals surface area contributed by atoms with Crippen molar-refractivity contribution in [3.8, 4) is 0 Å². The van der Waals surface area contributed by atoms with Crippen LogP contribution in [0, 0.1) is 6.92 Å². The van der Waals surface area contributed by atoms with Gasteiger partial charge in [0.25, 0.3) is 0 Å². The summed E-state index contributed by atoms with van der Waals surface area (Å²) in [7, 11) is 0. The van der Waals surface area contributed by atoms with Crippen molar-refractivity contribution < 1.29 is 0 Å². The molecule has 13 heavy (non-hydrogen) atoms. The van der Waals surface area contributed by atoms with Crippen LogP contribution in [0.15, 0.2) is 12.1 Å². The number of anilines is 1. The van der Waals surface area contributed by atoms with Crippen molar-refractivity contribution in [3.05, 3.63) is 27.7 Å². The highest BCUT2D eigenvalue weighted by atomic mass is 35.5. The summed E-state index contributed by atoms with van der Waals surface area (Å²) in [6.45, 7) is 1.87. The van der Waals surface area contributed by atoms with Crippen molar-refractivity contribution in [1.29, 1.82) is 0 Å². The van der Waals surface area contributed by atoms with Gasteiger partial charge >= 0.3 is 0 Å². The minimum atomic E-state index is 0.168. The summed E-state index contributed by atoms with van der Waals surface area (Å²) in [6.07, 6.45) is 0. The maximum atomic E-state index is 5.91. The second kappa shape index (κ2) is 4.13. The highest BCUT2D eigenvalue weighted by Crippen LogP contribution is 2.28. The van der Waals surface area contributed by atoms with Crippen LogP contribution in [-0.2, 0) is 0 Å². The molecular formula is C8H8Cl2N2S. The highest BCUT2D eigenvalue weighted by Gasteiger charge is 2.04. The standard InChI is InChI=1S/C8H8Cl2N2S/c1-4-2-6(10)7(3-5(4)9)12-8(11)13/h2-3H,1H3,(H3,11,12,13). The van der Waals surface area contributed by atoms with Crippen LogP contribution in [0.4, 0.5) is 5.69 Å². The first-order valence-electron chi connectivity index (χ1n) is 3.53. The lowest BCUT2D eigenvalue weighted by molar-refractivity contribution is 1.46. The SMILES string of the molecule is Cc1cc(Cl)c(NC(N)=S)cc1Cl. The largest absolute Gasteiger partial charge is 0.376 e. The number of hydrogen-bond donors (Lipinski definition) is 2. The summed E-state index contributed by atoms with van der Waals surface area (Å²) in [4.78, 5) is 0. The van der Waals surface area contributed by atoms with E-state index in [4.69, 9.17) is 28.9 Å². The first-order chi connectivity index (χ1) is 6.00. The average molecular weight is 235 g/mol. The minimum Gasteiger partial charge on any atom is -0.376 e. The van der Waals surface area contributed by atoms with Crippen LogP contribution in [-0.4, -0.2) is 5.11 Å². The molecule has 1 rings (SSSR count). The van der Waals surface area contributed by atoms with Gasteiger partial charge in [-0.2, -0.15) is 0 Å². The Hall–Kier alpha value is -0.510. The second-order valence-electron chi connectivity index (χ2n) is 2.57. The monoisotopic (exact) mass is 234 g/mol. The van der Waals surface area contributed by atoms with E-state index in [0.29, 0.717) is 15.7 Å². The smallest absolute Gasteiger partial charge is 0.168 e. The zero-order chi connectivity index (χ0) is 10.0. The van der Waals surface area contributed by atoms with Gasteiger partial charge in [0, 0.05) is 5.02 Å². The van der Waals surface area contributed by atoms with Crippen LogP contribution in [0.3, 0.4) is 0 Å². The van der Waals surface area contributed by atoms with E-state index in [1.807, 2.05) is 6.92 Å². The quantitative estimate of drug-likeness (QED) is 0.735. The van der Waals surface area contributed by atoms with Crippen molar-refractivity contribution in [2.24, 2.45) is 5.73 Å². The molecule has 0 unspecified atom stereocenters. The molecule has 1 aromatic carbocycles. The van der Waals surface area contributed by atoms with Gasteiger partial charge in [0.1, 0.15) is 0 Å². The van der Waals surface area contributed by atoms with E-state index < -0.39 is 0 Å². The predicted molar refractivity (Wildman–Crippen MR) is 61.6 cm³/mol. The van der Waals surface area contributed by atoms with Crippen molar-refractivity contribution >= 4 is 46.2 Å². The number of benzene rings is 1. The van der Waals surface area contributed by atoms with E-state index in [1.54, 1.807) is 12.1 Å². The minimum absolute atomic E-state index is 0.168. The van der Waals surface area contributed by atoms with E-state index in [-0.39, 0.29) is 5.11 Å². The Balaban J connectivity index is 3.08. The fraction of sp³-hybridized carbons (Fsp3) is 0.125. The lowest BCUT2D eigenvalue weighted by atomic mass is 10.2. The number of halogens is 2. The third kappa shape index (κ3) is 2.72. The molecule has 0 aliphatic carbocycles. The number of thiocarbonyl (C=S) groups is 1. The maximum Gasteiger partial charge on any atom is 0.168 e. The van der Waals surface area contributed by atoms with E-state index in [2.05, 4.69) is 17.5 Å². The van der Waals surface area contributed by atoms with Gasteiger partial charge in [0.15, 0.2) is 5.11 Å². The summed E-state index contributed by atoms with van der Waals surface area (Å²) < 4.78 is 0. The van der Waals surface area contributed by atoms with Gasteiger partial charge in [-0.15, -0.1) is 0 Å². The highest BCUT2D eigenvalue weighted by molar-refractivity contribution is 7.80. The lowest BCUT2D eigenvalue weighted by Gasteiger charge is -2.08. The molecule has 0 amide bonds. The summed E-state index contributed by atoms with van der Waals surface area (Å²) in [5, 5.41) is 4.08. The molecule has 70 valence electrons. The molecule has 0 bridgehead atoms. The van der Waals surface area contributed by atoms with E-state index in [0.717, 1.165) is 5.56 Å². The molecule has 0 saturated heterocycles.